The molecular weight excluding hydrogens is 115 g/mol. The molecule has 0 saturated carbocycles. The zero-order valence-corrected chi connectivity index (χ0v) is 7.17. The lowest BCUT2D eigenvalue weighted by Crippen LogP contribution is -1.65. The van der Waals surface area contributed by atoms with Crippen LogP contribution in [0.25, 0.3) is 0 Å². The Kier molecular flexibility index (Phi) is 5.86. The highest BCUT2D eigenvalue weighted by molar-refractivity contribution is 7.57. The molecule has 1 fully saturated rings. The predicted octanol–water partition coefficient (Wildman–Crippen LogP) is 2.92. The Morgan fingerprint density at radius 2 is 1.38 bits per heavy atom. The first-order valence-corrected chi connectivity index (χ1v) is 5.74. The number of rotatable bonds is 0. The van der Waals surface area contributed by atoms with Crippen LogP contribution in [-0.4, -0.2) is 19.0 Å². The third-order valence-corrected chi connectivity index (χ3v) is 3.49. The van der Waals surface area contributed by atoms with Gasteiger partial charge in [-0.25, -0.2) is 0 Å². The van der Waals surface area contributed by atoms with E-state index in [0.29, 0.717) is 7.92 Å². The molecule has 0 spiro atoms. The number of hydrogen-bond donors (Lipinski definition) is 0. The second-order valence-electron chi connectivity index (χ2n) is 2.01. The monoisotopic (exact) mass is 132 g/mol. The van der Waals surface area contributed by atoms with Gasteiger partial charge in [0.2, 0.25) is 0 Å². The Bertz CT molecular complexity index is 37.7. The summed E-state index contributed by atoms with van der Waals surface area (Å²) in [5, 5.41) is 0. The van der Waals surface area contributed by atoms with Gasteiger partial charge in [-0.05, 0) is 31.8 Å². The fourth-order valence-electron chi connectivity index (χ4n) is 0.875. The number of hydrogen-bond acceptors (Lipinski definition) is 0. The van der Waals surface area contributed by atoms with Crippen molar-refractivity contribution >= 4 is 7.92 Å². The van der Waals surface area contributed by atoms with E-state index in [4.69, 9.17) is 0 Å². The van der Waals surface area contributed by atoms with E-state index in [-0.39, 0.29) is 0 Å². The SMILES string of the molecule is CC.CP1CCCC1. The summed E-state index contributed by atoms with van der Waals surface area (Å²) < 4.78 is 0. The van der Waals surface area contributed by atoms with Crippen LogP contribution in [-0.2, 0) is 0 Å². The first-order chi connectivity index (χ1) is 3.89. The van der Waals surface area contributed by atoms with Crippen molar-refractivity contribution in [1.82, 2.24) is 0 Å². The van der Waals surface area contributed by atoms with Crippen molar-refractivity contribution in [2.45, 2.75) is 26.7 Å². The van der Waals surface area contributed by atoms with Gasteiger partial charge in [-0.3, -0.25) is 0 Å². The topological polar surface area (TPSA) is 0 Å². The Hall–Kier alpha value is 0.430. The van der Waals surface area contributed by atoms with E-state index in [0.717, 1.165) is 0 Å². The largest absolute Gasteiger partial charge is 0.110 e. The van der Waals surface area contributed by atoms with E-state index in [1.54, 1.807) is 12.3 Å². The van der Waals surface area contributed by atoms with E-state index < -0.39 is 0 Å². The molecule has 1 rings (SSSR count). The van der Waals surface area contributed by atoms with Gasteiger partial charge in [-0.1, -0.05) is 13.8 Å². The maximum Gasteiger partial charge on any atom is -0.0328 e. The molecule has 0 N–H and O–H groups in total. The molecule has 1 heteroatoms. The first-order valence-electron chi connectivity index (χ1n) is 3.58. The van der Waals surface area contributed by atoms with Crippen LogP contribution >= 0.6 is 7.92 Å². The van der Waals surface area contributed by atoms with E-state index in [1.165, 1.54) is 12.8 Å². The molecule has 0 amide bonds. The van der Waals surface area contributed by atoms with Crippen LogP contribution in [0.2, 0.25) is 0 Å². The summed E-state index contributed by atoms with van der Waals surface area (Å²) in [4.78, 5) is 0. The van der Waals surface area contributed by atoms with Crippen LogP contribution < -0.4 is 0 Å². The molecule has 0 bridgehead atoms. The molecule has 1 saturated heterocycles. The molecular formula is C7H17P. The fraction of sp³-hybridized carbons (Fsp3) is 1.00. The van der Waals surface area contributed by atoms with Crippen molar-refractivity contribution in [2.75, 3.05) is 19.0 Å². The molecule has 0 atom stereocenters. The summed E-state index contributed by atoms with van der Waals surface area (Å²) in [6.07, 6.45) is 6.13. The van der Waals surface area contributed by atoms with Crippen LogP contribution in [0, 0.1) is 0 Å². The molecule has 0 radical (unpaired) electrons. The molecule has 0 unspecified atom stereocenters. The Labute approximate surface area is 54.4 Å². The summed E-state index contributed by atoms with van der Waals surface area (Å²) in [6, 6.07) is 0. The quantitative estimate of drug-likeness (QED) is 0.444. The van der Waals surface area contributed by atoms with Gasteiger partial charge in [-0.15, -0.1) is 7.92 Å². The zero-order chi connectivity index (χ0) is 6.41. The van der Waals surface area contributed by atoms with E-state index in [1.807, 2.05) is 13.8 Å². The molecule has 0 nitrogen and oxygen atoms in total. The lowest BCUT2D eigenvalue weighted by Gasteiger charge is -1.93. The maximum atomic E-state index is 2.41. The average Bonchev–Trinajstić information content (AvgIpc) is 2.24. The van der Waals surface area contributed by atoms with Crippen LogP contribution in [0.1, 0.15) is 26.7 Å². The van der Waals surface area contributed by atoms with Crippen molar-refractivity contribution < 1.29 is 0 Å². The molecule has 8 heavy (non-hydrogen) atoms. The third-order valence-electron chi connectivity index (χ3n) is 1.33. The maximum absolute atomic E-state index is 2.41. The van der Waals surface area contributed by atoms with Gasteiger partial charge in [0.15, 0.2) is 0 Å². The summed E-state index contributed by atoms with van der Waals surface area (Å²) in [5.41, 5.74) is 0. The zero-order valence-electron chi connectivity index (χ0n) is 6.28. The van der Waals surface area contributed by atoms with Gasteiger partial charge in [0.1, 0.15) is 0 Å². The molecule has 0 aromatic heterocycles. The molecule has 0 aromatic carbocycles. The summed E-state index contributed by atoms with van der Waals surface area (Å²) in [7, 11) is 0.535. The van der Waals surface area contributed by atoms with Crippen molar-refractivity contribution in [1.29, 1.82) is 0 Å². The smallest absolute Gasteiger partial charge is 0.0328 e. The molecule has 1 aliphatic heterocycles. The average molecular weight is 132 g/mol. The molecule has 0 aromatic rings. The molecule has 50 valence electrons. The molecule has 0 aliphatic carbocycles. The Morgan fingerprint density at radius 1 is 1.00 bits per heavy atom. The molecule has 1 heterocycles. The summed E-state index contributed by atoms with van der Waals surface area (Å²) >= 11 is 0. The lowest BCUT2D eigenvalue weighted by atomic mass is 10.4. The standard InChI is InChI=1S/C5H11P.C2H6/c1-6-4-2-3-5-6;1-2/h2-5H2,1H3;1-2H3. The highest BCUT2D eigenvalue weighted by Gasteiger charge is 2.06. The second-order valence-corrected chi connectivity index (χ2v) is 4.62. The van der Waals surface area contributed by atoms with Gasteiger partial charge in [0.25, 0.3) is 0 Å². The van der Waals surface area contributed by atoms with Gasteiger partial charge < -0.3 is 0 Å². The predicted molar refractivity (Wildman–Crippen MR) is 43.2 cm³/mol. The minimum absolute atomic E-state index is 0.535. The van der Waals surface area contributed by atoms with Gasteiger partial charge in [0, 0.05) is 0 Å². The Balaban J connectivity index is 0.000000222. The minimum atomic E-state index is 0.535. The first kappa shape index (κ1) is 8.43. The summed E-state index contributed by atoms with van der Waals surface area (Å²) in [6.45, 7) is 6.41. The highest BCUT2D eigenvalue weighted by atomic mass is 31.1. The van der Waals surface area contributed by atoms with Crippen LogP contribution in [0.15, 0.2) is 0 Å². The van der Waals surface area contributed by atoms with E-state index in [9.17, 15) is 0 Å². The normalized spacial score (nSPS) is 19.9. The van der Waals surface area contributed by atoms with Gasteiger partial charge >= 0.3 is 0 Å². The van der Waals surface area contributed by atoms with Crippen molar-refractivity contribution in [2.24, 2.45) is 0 Å². The van der Waals surface area contributed by atoms with Crippen LogP contribution in [0.4, 0.5) is 0 Å². The fourth-order valence-corrected chi connectivity index (χ4v) is 2.63. The van der Waals surface area contributed by atoms with Gasteiger partial charge in [-0.2, -0.15) is 0 Å². The molecule has 1 aliphatic rings. The van der Waals surface area contributed by atoms with Crippen molar-refractivity contribution in [3.05, 3.63) is 0 Å². The summed E-state index contributed by atoms with van der Waals surface area (Å²) in [5.74, 6) is 0. The van der Waals surface area contributed by atoms with Gasteiger partial charge in [0.05, 0.1) is 0 Å². The minimum Gasteiger partial charge on any atom is -0.110 e. The highest BCUT2D eigenvalue weighted by Crippen LogP contribution is 2.38. The van der Waals surface area contributed by atoms with E-state index in [2.05, 4.69) is 6.66 Å². The Morgan fingerprint density at radius 3 is 1.50 bits per heavy atom. The van der Waals surface area contributed by atoms with Crippen LogP contribution in [0.3, 0.4) is 0 Å². The van der Waals surface area contributed by atoms with Crippen molar-refractivity contribution in [3.8, 4) is 0 Å². The van der Waals surface area contributed by atoms with E-state index >= 15 is 0 Å². The van der Waals surface area contributed by atoms with Crippen molar-refractivity contribution in [3.63, 3.8) is 0 Å². The lowest BCUT2D eigenvalue weighted by molar-refractivity contribution is 0.949. The third kappa shape index (κ3) is 3.43. The van der Waals surface area contributed by atoms with Crippen LogP contribution in [0.5, 0.6) is 0 Å². The second kappa shape index (κ2) is 5.56.